The van der Waals surface area contributed by atoms with Crippen molar-refractivity contribution in [1.82, 2.24) is 5.32 Å². The number of halogens is 2. The number of para-hydroxylation sites is 1. The number of carbonyl (C=O) groups excluding carboxylic acids is 1. The van der Waals surface area contributed by atoms with Gasteiger partial charge in [0.25, 0.3) is 5.91 Å². The van der Waals surface area contributed by atoms with Gasteiger partial charge in [0, 0.05) is 18.5 Å². The van der Waals surface area contributed by atoms with E-state index in [0.29, 0.717) is 17.1 Å². The van der Waals surface area contributed by atoms with Crippen LogP contribution in [0.25, 0.3) is 0 Å². The molecule has 0 fully saturated rings. The first-order valence-corrected chi connectivity index (χ1v) is 9.09. The summed E-state index contributed by atoms with van der Waals surface area (Å²) in [6.07, 6.45) is 0.777. The molecular weight excluding hydrogens is 384 g/mol. The second-order valence-electron chi connectivity index (χ2n) is 7.21. The smallest absolute Gasteiger partial charge is 0.387 e. The van der Waals surface area contributed by atoms with Gasteiger partial charge in [0.2, 0.25) is 0 Å². The zero-order chi connectivity index (χ0) is 21.0. The van der Waals surface area contributed by atoms with Crippen LogP contribution in [0.2, 0.25) is 0 Å². The number of methoxy groups -OCH3 is 1. The van der Waals surface area contributed by atoms with Crippen LogP contribution in [0.15, 0.2) is 36.4 Å². The van der Waals surface area contributed by atoms with Crippen molar-refractivity contribution in [3.8, 4) is 23.0 Å². The Labute approximate surface area is 167 Å². The maximum atomic E-state index is 12.4. The van der Waals surface area contributed by atoms with Crippen molar-refractivity contribution in [3.63, 3.8) is 0 Å². The molecule has 2 aromatic carbocycles. The third kappa shape index (κ3) is 5.28. The fourth-order valence-electron chi connectivity index (χ4n) is 3.11. The summed E-state index contributed by atoms with van der Waals surface area (Å²) < 4.78 is 45.7. The van der Waals surface area contributed by atoms with Gasteiger partial charge in [0.15, 0.2) is 29.6 Å². The lowest BCUT2D eigenvalue weighted by atomic mass is 10.0. The molecule has 8 heteroatoms. The molecular formula is C21H23F2NO5. The van der Waals surface area contributed by atoms with Crippen LogP contribution in [0.5, 0.6) is 23.0 Å². The van der Waals surface area contributed by atoms with Crippen LogP contribution in [0, 0.1) is 0 Å². The summed E-state index contributed by atoms with van der Waals surface area (Å²) in [5.41, 5.74) is 1.41. The van der Waals surface area contributed by atoms with Gasteiger partial charge in [-0.25, -0.2) is 0 Å². The molecule has 0 saturated heterocycles. The quantitative estimate of drug-likeness (QED) is 0.723. The van der Waals surface area contributed by atoms with Crippen molar-refractivity contribution in [2.75, 3.05) is 13.7 Å². The molecule has 0 unspecified atom stereocenters. The molecule has 0 aromatic heterocycles. The van der Waals surface area contributed by atoms with Crippen LogP contribution in [0.1, 0.15) is 25.0 Å². The maximum absolute atomic E-state index is 12.4. The fraction of sp³-hybridized carbons (Fsp3) is 0.381. The van der Waals surface area contributed by atoms with Crippen LogP contribution in [0.3, 0.4) is 0 Å². The standard InChI is InChI=1S/C21H23F2NO5/c1-21(2)10-14-5-4-6-16(19(14)29-21)27-12-18(25)24-11-13-7-8-15(28-20(22)23)17(9-13)26-3/h4-9,20H,10-12H2,1-3H3,(H,24,25). The Morgan fingerprint density at radius 1 is 1.21 bits per heavy atom. The lowest BCUT2D eigenvalue weighted by Crippen LogP contribution is -2.28. The molecule has 1 amide bonds. The predicted octanol–water partition coefficient (Wildman–Crippen LogP) is 3.71. The highest BCUT2D eigenvalue weighted by Gasteiger charge is 2.32. The van der Waals surface area contributed by atoms with E-state index in [1.54, 1.807) is 12.1 Å². The molecule has 0 aliphatic carbocycles. The first-order chi connectivity index (χ1) is 13.8. The Balaban J connectivity index is 1.55. The SMILES string of the molecule is COc1cc(CNC(=O)COc2cccc3c2OC(C)(C)C3)ccc1OC(F)F. The van der Waals surface area contributed by atoms with E-state index in [1.165, 1.54) is 19.2 Å². The number of benzene rings is 2. The Hall–Kier alpha value is -3.03. The van der Waals surface area contributed by atoms with E-state index in [1.807, 2.05) is 26.0 Å². The number of hydrogen-bond acceptors (Lipinski definition) is 5. The zero-order valence-corrected chi connectivity index (χ0v) is 16.5. The van der Waals surface area contributed by atoms with Crippen molar-refractivity contribution < 1.29 is 32.5 Å². The van der Waals surface area contributed by atoms with Gasteiger partial charge in [0.05, 0.1) is 7.11 Å². The summed E-state index contributed by atoms with van der Waals surface area (Å²) in [4.78, 5) is 12.2. The molecule has 0 spiro atoms. The van der Waals surface area contributed by atoms with Crippen LogP contribution in [-0.2, 0) is 17.8 Å². The van der Waals surface area contributed by atoms with Gasteiger partial charge in [-0.15, -0.1) is 0 Å². The van der Waals surface area contributed by atoms with Crippen LogP contribution in [-0.4, -0.2) is 31.8 Å². The minimum absolute atomic E-state index is 0.0678. The second kappa shape index (κ2) is 8.55. The van der Waals surface area contributed by atoms with E-state index in [-0.39, 0.29) is 36.2 Å². The molecule has 1 aliphatic rings. The number of hydrogen-bond donors (Lipinski definition) is 1. The number of alkyl halides is 2. The Morgan fingerprint density at radius 2 is 2.00 bits per heavy atom. The molecule has 2 aromatic rings. The number of ether oxygens (including phenoxy) is 4. The Kier molecular flexibility index (Phi) is 6.10. The number of carbonyl (C=O) groups is 1. The van der Waals surface area contributed by atoms with E-state index >= 15 is 0 Å². The first kappa shape index (κ1) is 20.7. The van der Waals surface area contributed by atoms with Crippen molar-refractivity contribution in [1.29, 1.82) is 0 Å². The van der Waals surface area contributed by atoms with Crippen LogP contribution >= 0.6 is 0 Å². The second-order valence-corrected chi connectivity index (χ2v) is 7.21. The summed E-state index contributed by atoms with van der Waals surface area (Å²) in [5, 5.41) is 2.72. The number of fused-ring (bicyclic) bond motifs is 1. The van der Waals surface area contributed by atoms with Gasteiger partial charge in [-0.05, 0) is 37.6 Å². The van der Waals surface area contributed by atoms with E-state index in [9.17, 15) is 13.6 Å². The lowest BCUT2D eigenvalue weighted by Gasteiger charge is -2.18. The van der Waals surface area contributed by atoms with Crippen LogP contribution in [0.4, 0.5) is 8.78 Å². The number of rotatable bonds is 8. The summed E-state index contributed by atoms with van der Waals surface area (Å²) >= 11 is 0. The molecule has 0 atom stereocenters. The molecule has 3 rings (SSSR count). The molecule has 1 aliphatic heterocycles. The average Bonchev–Trinajstić information content (AvgIpc) is 2.99. The van der Waals surface area contributed by atoms with Crippen molar-refractivity contribution in [3.05, 3.63) is 47.5 Å². The van der Waals surface area contributed by atoms with E-state index < -0.39 is 6.61 Å². The molecule has 6 nitrogen and oxygen atoms in total. The van der Waals surface area contributed by atoms with E-state index in [0.717, 1.165) is 12.0 Å². The normalized spacial score (nSPS) is 14.1. The molecule has 1 heterocycles. The third-order valence-electron chi connectivity index (χ3n) is 4.35. The summed E-state index contributed by atoms with van der Waals surface area (Å²) in [6, 6.07) is 10.1. The average molecular weight is 407 g/mol. The molecule has 0 saturated carbocycles. The summed E-state index contributed by atoms with van der Waals surface area (Å²) in [6.45, 7) is 1.05. The van der Waals surface area contributed by atoms with E-state index in [4.69, 9.17) is 14.2 Å². The highest BCUT2D eigenvalue weighted by molar-refractivity contribution is 5.77. The molecule has 1 N–H and O–H groups in total. The highest BCUT2D eigenvalue weighted by Crippen LogP contribution is 2.41. The minimum Gasteiger partial charge on any atom is -0.493 e. The first-order valence-electron chi connectivity index (χ1n) is 9.09. The maximum Gasteiger partial charge on any atom is 0.387 e. The Morgan fingerprint density at radius 3 is 2.72 bits per heavy atom. The third-order valence-corrected chi connectivity index (χ3v) is 4.35. The van der Waals surface area contributed by atoms with E-state index in [2.05, 4.69) is 10.1 Å². The molecule has 29 heavy (non-hydrogen) atoms. The topological polar surface area (TPSA) is 66.0 Å². The minimum atomic E-state index is -2.94. The fourth-order valence-corrected chi connectivity index (χ4v) is 3.11. The van der Waals surface area contributed by atoms with Gasteiger partial charge in [-0.1, -0.05) is 18.2 Å². The van der Waals surface area contributed by atoms with Gasteiger partial charge in [0.1, 0.15) is 5.60 Å². The van der Waals surface area contributed by atoms with Gasteiger partial charge in [-0.2, -0.15) is 8.78 Å². The van der Waals surface area contributed by atoms with Crippen molar-refractivity contribution in [2.24, 2.45) is 0 Å². The highest BCUT2D eigenvalue weighted by atomic mass is 19.3. The summed E-state index contributed by atoms with van der Waals surface area (Å²) in [5.74, 6) is 0.962. The predicted molar refractivity (Wildman–Crippen MR) is 102 cm³/mol. The van der Waals surface area contributed by atoms with Gasteiger partial charge < -0.3 is 24.3 Å². The van der Waals surface area contributed by atoms with Crippen LogP contribution < -0.4 is 24.3 Å². The van der Waals surface area contributed by atoms with Crippen molar-refractivity contribution in [2.45, 2.75) is 39.0 Å². The molecule has 0 bridgehead atoms. The molecule has 156 valence electrons. The zero-order valence-electron chi connectivity index (χ0n) is 16.5. The van der Waals surface area contributed by atoms with Gasteiger partial charge >= 0.3 is 6.61 Å². The van der Waals surface area contributed by atoms with Gasteiger partial charge in [-0.3, -0.25) is 4.79 Å². The molecule has 0 radical (unpaired) electrons. The monoisotopic (exact) mass is 407 g/mol. The van der Waals surface area contributed by atoms with Crippen molar-refractivity contribution >= 4 is 5.91 Å². The number of amides is 1. The Bertz CT molecular complexity index is 885. The number of nitrogens with one attached hydrogen (secondary N) is 1. The largest absolute Gasteiger partial charge is 0.493 e. The summed E-state index contributed by atoms with van der Waals surface area (Å²) in [7, 11) is 1.35. The lowest BCUT2D eigenvalue weighted by molar-refractivity contribution is -0.123.